The van der Waals surface area contributed by atoms with Gasteiger partial charge in [-0.15, -0.1) is 0 Å². The van der Waals surface area contributed by atoms with Crippen LogP contribution < -0.4 is 5.32 Å². The lowest BCUT2D eigenvalue weighted by Crippen LogP contribution is -2.35. The summed E-state index contributed by atoms with van der Waals surface area (Å²) in [5.74, 6) is 1.91. The van der Waals surface area contributed by atoms with Crippen LogP contribution in [0.1, 0.15) is 58.7 Å². The van der Waals surface area contributed by atoms with Crippen LogP contribution in [0.2, 0.25) is 0 Å². The normalized spacial score (nSPS) is 23.7. The second-order valence-electron chi connectivity index (χ2n) is 6.07. The lowest BCUT2D eigenvalue weighted by molar-refractivity contribution is -0.0306. The third-order valence-electron chi connectivity index (χ3n) is 5.09. The number of hydrogen-bond acceptors (Lipinski definition) is 5. The molecular formula is C15H27N3O2. The molecule has 1 aromatic rings. The van der Waals surface area contributed by atoms with Crippen molar-refractivity contribution in [1.29, 1.82) is 0 Å². The first-order valence-electron chi connectivity index (χ1n) is 7.65. The molecular weight excluding hydrogens is 254 g/mol. The highest BCUT2D eigenvalue weighted by atomic mass is 16.5. The molecule has 0 radical (unpaired) electrons. The Balaban J connectivity index is 2.37. The van der Waals surface area contributed by atoms with Gasteiger partial charge >= 0.3 is 0 Å². The fraction of sp³-hybridized carbons (Fsp3) is 0.867. The maximum absolute atomic E-state index is 5.69. The third-order valence-corrected chi connectivity index (χ3v) is 5.09. The minimum Gasteiger partial charge on any atom is -0.370 e. The van der Waals surface area contributed by atoms with E-state index in [1.807, 2.05) is 0 Å². The van der Waals surface area contributed by atoms with Crippen molar-refractivity contribution in [3.05, 3.63) is 11.7 Å². The summed E-state index contributed by atoms with van der Waals surface area (Å²) in [6, 6.07) is 0. The van der Waals surface area contributed by atoms with Crippen LogP contribution in [-0.2, 0) is 15.8 Å². The summed E-state index contributed by atoms with van der Waals surface area (Å²) in [5.41, 5.74) is -0.460. The Hall–Kier alpha value is -0.940. The van der Waals surface area contributed by atoms with Crippen LogP contribution >= 0.6 is 0 Å². The zero-order chi connectivity index (χ0) is 14.8. The topological polar surface area (TPSA) is 60.2 Å². The summed E-state index contributed by atoms with van der Waals surface area (Å²) in [4.78, 5) is 4.73. The second-order valence-corrected chi connectivity index (χ2v) is 6.07. The van der Waals surface area contributed by atoms with Crippen molar-refractivity contribution < 1.29 is 9.26 Å². The zero-order valence-corrected chi connectivity index (χ0v) is 13.3. The van der Waals surface area contributed by atoms with Gasteiger partial charge in [0, 0.05) is 13.7 Å². The van der Waals surface area contributed by atoms with Crippen molar-refractivity contribution >= 4 is 0 Å². The first-order valence-corrected chi connectivity index (χ1v) is 7.65. The maximum atomic E-state index is 5.69. The van der Waals surface area contributed by atoms with Crippen LogP contribution in [0.25, 0.3) is 0 Å². The van der Waals surface area contributed by atoms with E-state index in [4.69, 9.17) is 14.2 Å². The summed E-state index contributed by atoms with van der Waals surface area (Å²) in [6.45, 7) is 10.5. The van der Waals surface area contributed by atoms with Crippen molar-refractivity contribution in [3.8, 4) is 0 Å². The van der Waals surface area contributed by atoms with Crippen molar-refractivity contribution in [2.24, 2.45) is 5.92 Å². The molecule has 5 heteroatoms. The number of methoxy groups -OCH3 is 1. The molecule has 0 bridgehead atoms. The predicted octanol–water partition coefficient (Wildman–Crippen LogP) is 2.62. The van der Waals surface area contributed by atoms with Crippen molar-refractivity contribution in [3.63, 3.8) is 0 Å². The van der Waals surface area contributed by atoms with E-state index in [0.29, 0.717) is 11.7 Å². The van der Waals surface area contributed by atoms with Gasteiger partial charge in [0.05, 0.1) is 5.41 Å². The van der Waals surface area contributed by atoms with Gasteiger partial charge in [0.15, 0.2) is 0 Å². The number of nitrogens with zero attached hydrogens (tertiary/aromatic N) is 2. The molecule has 2 rings (SSSR count). The lowest BCUT2D eigenvalue weighted by Gasteiger charge is -2.29. The molecule has 1 aliphatic rings. The predicted molar refractivity (Wildman–Crippen MR) is 77.6 cm³/mol. The van der Waals surface area contributed by atoms with E-state index in [0.717, 1.165) is 38.2 Å². The van der Waals surface area contributed by atoms with E-state index >= 15 is 0 Å². The molecule has 1 unspecified atom stereocenters. The van der Waals surface area contributed by atoms with Crippen molar-refractivity contribution in [1.82, 2.24) is 15.5 Å². The average Bonchev–Trinajstić information content (AvgIpc) is 3.11. The fourth-order valence-electron chi connectivity index (χ4n) is 3.19. The highest BCUT2D eigenvalue weighted by molar-refractivity contribution is 5.13. The third kappa shape index (κ3) is 2.27. The summed E-state index contributed by atoms with van der Waals surface area (Å²) in [6.07, 6.45) is 2.72. The molecule has 1 aliphatic heterocycles. The van der Waals surface area contributed by atoms with Gasteiger partial charge in [0.1, 0.15) is 5.60 Å². The summed E-state index contributed by atoms with van der Waals surface area (Å²) < 4.78 is 11.3. The molecule has 1 saturated heterocycles. The van der Waals surface area contributed by atoms with Gasteiger partial charge in [-0.05, 0) is 31.7 Å². The molecule has 1 atom stereocenters. The van der Waals surface area contributed by atoms with E-state index < -0.39 is 5.60 Å². The Labute approximate surface area is 121 Å². The quantitative estimate of drug-likeness (QED) is 0.868. The smallest absolute Gasteiger partial charge is 0.234 e. The van der Waals surface area contributed by atoms with Gasteiger partial charge in [0.25, 0.3) is 0 Å². The number of ether oxygens (including phenoxy) is 1. The molecule has 114 valence electrons. The molecule has 0 saturated carbocycles. The average molecular weight is 281 g/mol. The SMILES string of the molecule is CCC(CC)(OC)c1noc(C2(C(C)C)CCNC2)n1. The van der Waals surface area contributed by atoms with Crippen LogP contribution in [0.3, 0.4) is 0 Å². The lowest BCUT2D eigenvalue weighted by atomic mass is 9.76. The van der Waals surface area contributed by atoms with Crippen LogP contribution in [0.15, 0.2) is 4.52 Å². The Bertz CT molecular complexity index is 424. The van der Waals surface area contributed by atoms with Crippen LogP contribution in [0, 0.1) is 5.92 Å². The second kappa shape index (κ2) is 5.82. The number of hydrogen-bond donors (Lipinski definition) is 1. The first kappa shape index (κ1) is 15.4. The molecule has 0 aromatic carbocycles. The number of nitrogens with one attached hydrogen (secondary N) is 1. The monoisotopic (exact) mass is 281 g/mol. The molecule has 20 heavy (non-hydrogen) atoms. The van der Waals surface area contributed by atoms with E-state index in [2.05, 4.69) is 38.2 Å². The van der Waals surface area contributed by atoms with Gasteiger partial charge in [0.2, 0.25) is 11.7 Å². The van der Waals surface area contributed by atoms with Gasteiger partial charge in [-0.3, -0.25) is 0 Å². The van der Waals surface area contributed by atoms with Crippen molar-refractivity contribution in [2.75, 3.05) is 20.2 Å². The summed E-state index contributed by atoms with van der Waals surface area (Å²) in [5, 5.41) is 7.66. The summed E-state index contributed by atoms with van der Waals surface area (Å²) in [7, 11) is 1.72. The molecule has 1 N–H and O–H groups in total. The van der Waals surface area contributed by atoms with Crippen LogP contribution in [0.4, 0.5) is 0 Å². The Morgan fingerprint density at radius 3 is 2.55 bits per heavy atom. The van der Waals surface area contributed by atoms with E-state index in [9.17, 15) is 0 Å². The Kier molecular flexibility index (Phi) is 4.49. The number of aromatic nitrogens is 2. The van der Waals surface area contributed by atoms with Crippen LogP contribution in [0.5, 0.6) is 0 Å². The van der Waals surface area contributed by atoms with Crippen molar-refractivity contribution in [2.45, 2.75) is 58.0 Å². The van der Waals surface area contributed by atoms with Gasteiger partial charge in [-0.25, -0.2) is 0 Å². The van der Waals surface area contributed by atoms with E-state index in [1.54, 1.807) is 7.11 Å². The standard InChI is InChI=1S/C15H27N3O2/c1-6-15(7-2,19-5)12-17-13(20-18-12)14(11(3)4)8-9-16-10-14/h11,16H,6-10H2,1-5H3. The maximum Gasteiger partial charge on any atom is 0.234 e. The molecule has 0 spiro atoms. The van der Waals surface area contributed by atoms with Gasteiger partial charge in [-0.2, -0.15) is 4.98 Å². The highest BCUT2D eigenvalue weighted by Gasteiger charge is 2.45. The Morgan fingerprint density at radius 1 is 1.40 bits per heavy atom. The summed E-state index contributed by atoms with van der Waals surface area (Å²) >= 11 is 0. The van der Waals surface area contributed by atoms with E-state index in [1.165, 1.54) is 0 Å². The first-order chi connectivity index (χ1) is 9.54. The molecule has 0 aliphatic carbocycles. The Morgan fingerprint density at radius 2 is 2.10 bits per heavy atom. The van der Waals surface area contributed by atoms with E-state index in [-0.39, 0.29) is 5.41 Å². The van der Waals surface area contributed by atoms with Gasteiger partial charge < -0.3 is 14.6 Å². The fourth-order valence-corrected chi connectivity index (χ4v) is 3.19. The molecule has 5 nitrogen and oxygen atoms in total. The molecule has 2 heterocycles. The van der Waals surface area contributed by atoms with Crippen LogP contribution in [-0.4, -0.2) is 30.3 Å². The zero-order valence-electron chi connectivity index (χ0n) is 13.3. The largest absolute Gasteiger partial charge is 0.370 e. The minimum atomic E-state index is -0.425. The number of rotatable bonds is 6. The molecule has 0 amide bonds. The highest BCUT2D eigenvalue weighted by Crippen LogP contribution is 2.39. The molecule has 1 fully saturated rings. The molecule has 1 aromatic heterocycles. The van der Waals surface area contributed by atoms with Gasteiger partial charge in [-0.1, -0.05) is 32.9 Å². The minimum absolute atomic E-state index is 0.0355.